The summed E-state index contributed by atoms with van der Waals surface area (Å²) in [6, 6.07) is 0. The number of cyclic esters (lactones) is 1. The molecular formula is C17H28O3. The molecule has 0 bridgehead atoms. The van der Waals surface area contributed by atoms with E-state index in [4.69, 9.17) is 9.47 Å². The molecule has 0 unspecified atom stereocenters. The standard InChI is InChI=1S/C17H28O3/c1-2-3-4-5-6-7-8-9-10-15-11-14(17(18)20-15)12-16-13-19-16/h2,14-16H,1,3-13H2/t14-,15-,16-/m1/s1. The van der Waals surface area contributed by atoms with E-state index in [1.165, 1.54) is 38.5 Å². The minimum atomic E-state index is 0.00919. The van der Waals surface area contributed by atoms with Crippen LogP contribution >= 0.6 is 0 Å². The van der Waals surface area contributed by atoms with Crippen LogP contribution in [0.5, 0.6) is 0 Å². The van der Waals surface area contributed by atoms with E-state index in [-0.39, 0.29) is 18.0 Å². The Labute approximate surface area is 122 Å². The van der Waals surface area contributed by atoms with Crippen molar-refractivity contribution in [3.8, 4) is 0 Å². The maximum Gasteiger partial charge on any atom is 0.309 e. The Morgan fingerprint density at radius 2 is 1.80 bits per heavy atom. The summed E-state index contributed by atoms with van der Waals surface area (Å²) < 4.78 is 10.7. The Kier molecular flexibility index (Phi) is 6.58. The zero-order valence-electron chi connectivity index (χ0n) is 12.5. The first-order valence-electron chi connectivity index (χ1n) is 8.22. The molecule has 2 rings (SSSR count). The smallest absolute Gasteiger partial charge is 0.309 e. The van der Waals surface area contributed by atoms with Crippen molar-refractivity contribution in [3.05, 3.63) is 12.7 Å². The van der Waals surface area contributed by atoms with Gasteiger partial charge in [0.05, 0.1) is 18.6 Å². The Morgan fingerprint density at radius 3 is 2.50 bits per heavy atom. The first kappa shape index (κ1) is 15.6. The van der Waals surface area contributed by atoms with Crippen LogP contribution in [0.25, 0.3) is 0 Å². The van der Waals surface area contributed by atoms with E-state index in [2.05, 4.69) is 6.58 Å². The van der Waals surface area contributed by atoms with Gasteiger partial charge in [-0.05, 0) is 38.5 Å². The molecule has 2 aliphatic heterocycles. The number of carbonyl (C=O) groups is 1. The fourth-order valence-corrected chi connectivity index (χ4v) is 2.98. The highest BCUT2D eigenvalue weighted by Gasteiger charge is 2.38. The second-order valence-corrected chi connectivity index (χ2v) is 6.17. The third-order valence-electron chi connectivity index (χ3n) is 4.30. The predicted octanol–water partition coefficient (Wildman–Crippen LogP) is 4.01. The number of rotatable bonds is 11. The topological polar surface area (TPSA) is 38.8 Å². The van der Waals surface area contributed by atoms with E-state index in [0.29, 0.717) is 6.10 Å². The summed E-state index contributed by atoms with van der Waals surface area (Å²) in [6.45, 7) is 4.57. The second-order valence-electron chi connectivity index (χ2n) is 6.17. The number of epoxide rings is 1. The summed E-state index contributed by atoms with van der Waals surface area (Å²) in [4.78, 5) is 11.7. The lowest BCUT2D eigenvalue weighted by molar-refractivity contribution is -0.144. The molecule has 114 valence electrons. The van der Waals surface area contributed by atoms with E-state index in [9.17, 15) is 4.79 Å². The molecule has 0 amide bonds. The lowest BCUT2D eigenvalue weighted by atomic mass is 9.97. The van der Waals surface area contributed by atoms with Gasteiger partial charge < -0.3 is 9.47 Å². The molecule has 0 aromatic rings. The van der Waals surface area contributed by atoms with Crippen LogP contribution in [0.2, 0.25) is 0 Å². The Balaban J connectivity index is 1.45. The van der Waals surface area contributed by atoms with Gasteiger partial charge in [0.25, 0.3) is 0 Å². The molecule has 0 radical (unpaired) electrons. The van der Waals surface area contributed by atoms with Crippen molar-refractivity contribution in [1.29, 1.82) is 0 Å². The van der Waals surface area contributed by atoms with Gasteiger partial charge in [0.2, 0.25) is 0 Å². The molecule has 0 N–H and O–H groups in total. The molecule has 2 aliphatic rings. The summed E-state index contributed by atoms with van der Waals surface area (Å²) in [6.07, 6.45) is 14.1. The van der Waals surface area contributed by atoms with Crippen LogP contribution in [0.4, 0.5) is 0 Å². The molecule has 3 heteroatoms. The Hall–Kier alpha value is -0.830. The Morgan fingerprint density at radius 1 is 1.10 bits per heavy atom. The maximum absolute atomic E-state index is 11.7. The van der Waals surface area contributed by atoms with Gasteiger partial charge in [-0.1, -0.05) is 31.8 Å². The van der Waals surface area contributed by atoms with Gasteiger partial charge in [-0.15, -0.1) is 6.58 Å². The highest BCUT2D eigenvalue weighted by Crippen LogP contribution is 2.31. The van der Waals surface area contributed by atoms with Gasteiger partial charge in [0.1, 0.15) is 6.10 Å². The Bertz CT molecular complexity index is 309. The van der Waals surface area contributed by atoms with E-state index in [0.717, 1.165) is 32.3 Å². The summed E-state index contributed by atoms with van der Waals surface area (Å²) in [5.41, 5.74) is 0. The van der Waals surface area contributed by atoms with E-state index in [1.54, 1.807) is 0 Å². The van der Waals surface area contributed by atoms with Gasteiger partial charge >= 0.3 is 5.97 Å². The van der Waals surface area contributed by atoms with Crippen molar-refractivity contribution in [3.63, 3.8) is 0 Å². The summed E-state index contributed by atoms with van der Waals surface area (Å²) >= 11 is 0. The van der Waals surface area contributed by atoms with E-state index >= 15 is 0 Å². The van der Waals surface area contributed by atoms with Crippen molar-refractivity contribution < 1.29 is 14.3 Å². The molecule has 2 heterocycles. The van der Waals surface area contributed by atoms with Gasteiger partial charge in [0.15, 0.2) is 0 Å². The highest BCUT2D eigenvalue weighted by molar-refractivity contribution is 5.74. The average molecular weight is 280 g/mol. The van der Waals surface area contributed by atoms with Crippen molar-refractivity contribution in [2.24, 2.45) is 5.92 Å². The van der Waals surface area contributed by atoms with Crippen LogP contribution in [0.1, 0.15) is 64.2 Å². The zero-order valence-corrected chi connectivity index (χ0v) is 12.5. The molecular weight excluding hydrogens is 252 g/mol. The van der Waals surface area contributed by atoms with Crippen LogP contribution < -0.4 is 0 Å². The third-order valence-corrected chi connectivity index (χ3v) is 4.30. The molecule has 0 aromatic heterocycles. The number of allylic oxidation sites excluding steroid dienone is 1. The molecule has 3 nitrogen and oxygen atoms in total. The molecule has 0 aromatic carbocycles. The molecule has 2 fully saturated rings. The number of hydrogen-bond donors (Lipinski definition) is 0. The number of esters is 1. The lowest BCUT2D eigenvalue weighted by Gasteiger charge is -2.08. The maximum atomic E-state index is 11.7. The minimum absolute atomic E-state index is 0.00919. The van der Waals surface area contributed by atoms with Crippen LogP contribution in [0.15, 0.2) is 12.7 Å². The van der Waals surface area contributed by atoms with Gasteiger partial charge in [-0.25, -0.2) is 0 Å². The normalized spacial score (nSPS) is 28.4. The highest BCUT2D eigenvalue weighted by atomic mass is 16.6. The number of ether oxygens (including phenoxy) is 2. The van der Waals surface area contributed by atoms with Crippen molar-refractivity contribution in [2.45, 2.75) is 76.4 Å². The van der Waals surface area contributed by atoms with Crippen molar-refractivity contribution in [2.75, 3.05) is 6.61 Å². The zero-order chi connectivity index (χ0) is 14.2. The lowest BCUT2D eigenvalue weighted by Crippen LogP contribution is -2.09. The first-order valence-corrected chi connectivity index (χ1v) is 8.22. The van der Waals surface area contributed by atoms with Gasteiger partial charge in [-0.3, -0.25) is 4.79 Å². The minimum Gasteiger partial charge on any atom is -0.462 e. The third kappa shape index (κ3) is 5.66. The second kappa shape index (κ2) is 8.46. The van der Waals surface area contributed by atoms with Crippen LogP contribution in [-0.4, -0.2) is 24.8 Å². The fraction of sp³-hybridized carbons (Fsp3) is 0.824. The summed E-state index contributed by atoms with van der Waals surface area (Å²) in [5, 5.41) is 0. The summed E-state index contributed by atoms with van der Waals surface area (Å²) in [5.74, 6) is 0.112. The van der Waals surface area contributed by atoms with Crippen LogP contribution in [0.3, 0.4) is 0 Å². The van der Waals surface area contributed by atoms with Gasteiger partial charge in [-0.2, -0.15) is 0 Å². The monoisotopic (exact) mass is 280 g/mol. The quantitative estimate of drug-likeness (QED) is 0.248. The van der Waals surface area contributed by atoms with E-state index in [1.807, 2.05) is 6.08 Å². The molecule has 0 spiro atoms. The average Bonchev–Trinajstić information content (AvgIpc) is 3.18. The SMILES string of the molecule is C=CCCCCCCCC[C@@H]1C[C@H](C[C@@H]2CO2)C(=O)O1. The summed E-state index contributed by atoms with van der Waals surface area (Å²) in [7, 11) is 0. The van der Waals surface area contributed by atoms with Crippen molar-refractivity contribution in [1.82, 2.24) is 0 Å². The molecule has 2 saturated heterocycles. The predicted molar refractivity (Wildman–Crippen MR) is 79.5 cm³/mol. The molecule has 3 atom stereocenters. The largest absolute Gasteiger partial charge is 0.462 e. The van der Waals surface area contributed by atoms with E-state index < -0.39 is 0 Å². The molecule has 0 saturated carbocycles. The van der Waals surface area contributed by atoms with Crippen LogP contribution in [-0.2, 0) is 14.3 Å². The molecule has 0 aliphatic carbocycles. The number of hydrogen-bond acceptors (Lipinski definition) is 3. The number of carbonyl (C=O) groups excluding carboxylic acids is 1. The van der Waals surface area contributed by atoms with Gasteiger partial charge in [0, 0.05) is 0 Å². The van der Waals surface area contributed by atoms with Crippen molar-refractivity contribution >= 4 is 5.97 Å². The molecule has 20 heavy (non-hydrogen) atoms. The van der Waals surface area contributed by atoms with Crippen LogP contribution in [0, 0.1) is 5.92 Å². The first-order chi connectivity index (χ1) is 9.79. The fourth-order valence-electron chi connectivity index (χ4n) is 2.98. The number of unbranched alkanes of at least 4 members (excludes halogenated alkanes) is 6.